The SMILES string of the molecule is N#Cc1ccc(CSc2ccccc2C(=O)Nc2ccc(Cn3cncn3)cc2)cc1. The van der Waals surface area contributed by atoms with Crippen molar-refractivity contribution in [2.45, 2.75) is 17.2 Å². The Morgan fingerprint density at radius 1 is 1.00 bits per heavy atom. The molecule has 0 spiro atoms. The lowest BCUT2D eigenvalue weighted by Gasteiger charge is -2.11. The smallest absolute Gasteiger partial charge is 0.256 e. The molecule has 4 aromatic rings. The number of anilines is 1. The van der Waals surface area contributed by atoms with Crippen LogP contribution < -0.4 is 5.32 Å². The Hall–Kier alpha value is -3.89. The van der Waals surface area contributed by atoms with Gasteiger partial charge in [-0.05, 0) is 47.5 Å². The Morgan fingerprint density at radius 2 is 1.74 bits per heavy atom. The molecule has 0 aliphatic rings. The molecule has 31 heavy (non-hydrogen) atoms. The predicted molar refractivity (Wildman–Crippen MR) is 121 cm³/mol. The van der Waals surface area contributed by atoms with Gasteiger partial charge in [-0.15, -0.1) is 11.8 Å². The van der Waals surface area contributed by atoms with Crippen LogP contribution in [0.3, 0.4) is 0 Å². The van der Waals surface area contributed by atoms with Crippen molar-refractivity contribution >= 4 is 23.4 Å². The fourth-order valence-electron chi connectivity index (χ4n) is 3.01. The molecule has 0 unspecified atom stereocenters. The van der Waals surface area contributed by atoms with Crippen LogP contribution in [0.1, 0.15) is 27.0 Å². The topological polar surface area (TPSA) is 83.6 Å². The van der Waals surface area contributed by atoms with Crippen LogP contribution in [0.4, 0.5) is 5.69 Å². The van der Waals surface area contributed by atoms with Gasteiger partial charge in [-0.3, -0.25) is 4.79 Å². The third-order valence-corrected chi connectivity index (χ3v) is 5.78. The second kappa shape index (κ2) is 9.74. The lowest BCUT2D eigenvalue weighted by molar-refractivity contribution is 0.102. The van der Waals surface area contributed by atoms with Crippen LogP contribution in [0.25, 0.3) is 0 Å². The molecule has 0 radical (unpaired) electrons. The van der Waals surface area contributed by atoms with Crippen molar-refractivity contribution in [2.75, 3.05) is 5.32 Å². The zero-order valence-corrected chi connectivity index (χ0v) is 17.4. The molecule has 6 nitrogen and oxygen atoms in total. The number of benzene rings is 3. The van der Waals surface area contributed by atoms with Gasteiger partial charge in [-0.25, -0.2) is 9.67 Å². The maximum Gasteiger partial charge on any atom is 0.256 e. The molecule has 3 aromatic carbocycles. The van der Waals surface area contributed by atoms with Crippen LogP contribution in [0, 0.1) is 11.3 Å². The van der Waals surface area contributed by atoms with Gasteiger partial charge >= 0.3 is 0 Å². The van der Waals surface area contributed by atoms with E-state index in [1.807, 2.05) is 60.7 Å². The first-order valence-corrected chi connectivity index (χ1v) is 10.6. The number of nitrogens with one attached hydrogen (secondary N) is 1. The highest BCUT2D eigenvalue weighted by Gasteiger charge is 2.12. The Balaban J connectivity index is 1.40. The highest BCUT2D eigenvalue weighted by molar-refractivity contribution is 7.98. The number of aromatic nitrogens is 3. The summed E-state index contributed by atoms with van der Waals surface area (Å²) < 4.78 is 1.74. The summed E-state index contributed by atoms with van der Waals surface area (Å²) in [7, 11) is 0. The van der Waals surface area contributed by atoms with Crippen molar-refractivity contribution in [3.05, 3.63) is 108 Å². The first-order valence-electron chi connectivity index (χ1n) is 9.65. The minimum absolute atomic E-state index is 0.146. The van der Waals surface area contributed by atoms with Gasteiger partial charge in [-0.2, -0.15) is 10.4 Å². The van der Waals surface area contributed by atoms with E-state index >= 15 is 0 Å². The molecule has 7 heteroatoms. The molecule has 4 rings (SSSR count). The zero-order chi connectivity index (χ0) is 21.5. The monoisotopic (exact) mass is 425 g/mol. The Bertz CT molecular complexity index is 1200. The lowest BCUT2D eigenvalue weighted by atomic mass is 10.2. The maximum absolute atomic E-state index is 12.9. The zero-order valence-electron chi connectivity index (χ0n) is 16.6. The molecule has 152 valence electrons. The number of nitrogens with zero attached hydrogens (tertiary/aromatic N) is 4. The van der Waals surface area contributed by atoms with Gasteiger partial charge < -0.3 is 5.32 Å². The van der Waals surface area contributed by atoms with Crippen molar-refractivity contribution < 1.29 is 4.79 Å². The molecular formula is C24H19N5OS. The van der Waals surface area contributed by atoms with Crippen LogP contribution in [-0.4, -0.2) is 20.7 Å². The van der Waals surface area contributed by atoms with Gasteiger partial charge in [0.2, 0.25) is 0 Å². The number of thioether (sulfide) groups is 1. The molecule has 0 fully saturated rings. The molecule has 1 amide bonds. The van der Waals surface area contributed by atoms with Crippen molar-refractivity contribution in [1.29, 1.82) is 5.26 Å². The van der Waals surface area contributed by atoms with E-state index in [1.165, 1.54) is 6.33 Å². The van der Waals surface area contributed by atoms with Crippen molar-refractivity contribution in [1.82, 2.24) is 14.8 Å². The van der Waals surface area contributed by atoms with Crippen LogP contribution >= 0.6 is 11.8 Å². The fourth-order valence-corrected chi connectivity index (χ4v) is 4.02. The summed E-state index contributed by atoms with van der Waals surface area (Å²) in [5.74, 6) is 0.569. The van der Waals surface area contributed by atoms with E-state index in [1.54, 1.807) is 34.9 Å². The molecular weight excluding hydrogens is 406 g/mol. The summed E-state index contributed by atoms with van der Waals surface area (Å²) >= 11 is 1.60. The normalized spacial score (nSPS) is 10.4. The van der Waals surface area contributed by atoms with Crippen molar-refractivity contribution in [3.8, 4) is 6.07 Å². The van der Waals surface area contributed by atoms with Gasteiger partial charge in [0, 0.05) is 16.3 Å². The largest absolute Gasteiger partial charge is 0.322 e. The molecule has 0 saturated heterocycles. The maximum atomic E-state index is 12.9. The lowest BCUT2D eigenvalue weighted by Crippen LogP contribution is -2.13. The van der Waals surface area contributed by atoms with E-state index in [4.69, 9.17) is 5.26 Å². The van der Waals surface area contributed by atoms with E-state index in [2.05, 4.69) is 21.5 Å². The number of rotatable bonds is 7. The van der Waals surface area contributed by atoms with Gasteiger partial charge in [0.1, 0.15) is 12.7 Å². The minimum atomic E-state index is -0.146. The molecule has 1 heterocycles. The highest BCUT2D eigenvalue weighted by atomic mass is 32.2. The molecule has 0 saturated carbocycles. The third kappa shape index (κ3) is 5.38. The average molecular weight is 426 g/mol. The van der Waals surface area contributed by atoms with Crippen molar-refractivity contribution in [2.24, 2.45) is 0 Å². The van der Waals surface area contributed by atoms with Crippen molar-refractivity contribution in [3.63, 3.8) is 0 Å². The van der Waals surface area contributed by atoms with E-state index < -0.39 is 0 Å². The number of nitriles is 1. The van der Waals surface area contributed by atoms with E-state index in [-0.39, 0.29) is 5.91 Å². The fraction of sp³-hybridized carbons (Fsp3) is 0.0833. The summed E-state index contributed by atoms with van der Waals surface area (Å²) in [5, 5.41) is 16.0. The minimum Gasteiger partial charge on any atom is -0.322 e. The molecule has 0 aliphatic carbocycles. The molecule has 1 aromatic heterocycles. The average Bonchev–Trinajstić information content (AvgIpc) is 3.32. The summed E-state index contributed by atoms with van der Waals surface area (Å²) in [5.41, 5.74) is 4.18. The first kappa shape index (κ1) is 20.4. The number of hydrogen-bond acceptors (Lipinski definition) is 5. The van der Waals surface area contributed by atoms with E-state index in [0.717, 1.165) is 21.7 Å². The van der Waals surface area contributed by atoms with Gasteiger partial charge in [0.25, 0.3) is 5.91 Å². The second-order valence-corrected chi connectivity index (χ2v) is 7.85. The number of carbonyl (C=O) groups excluding carboxylic acids is 1. The highest BCUT2D eigenvalue weighted by Crippen LogP contribution is 2.27. The molecule has 0 atom stereocenters. The number of amides is 1. The van der Waals surface area contributed by atoms with Crippen LogP contribution in [0.15, 0.2) is 90.3 Å². The Labute approximate surface area is 184 Å². The van der Waals surface area contributed by atoms with Gasteiger partial charge in [0.15, 0.2) is 0 Å². The summed E-state index contributed by atoms with van der Waals surface area (Å²) in [6, 6.07) is 24.9. The molecule has 0 aliphatic heterocycles. The molecule has 0 bridgehead atoms. The summed E-state index contributed by atoms with van der Waals surface area (Å²) in [4.78, 5) is 17.7. The summed E-state index contributed by atoms with van der Waals surface area (Å²) in [6.07, 6.45) is 3.17. The van der Waals surface area contributed by atoms with Crippen LogP contribution in [0.5, 0.6) is 0 Å². The number of carbonyl (C=O) groups is 1. The van der Waals surface area contributed by atoms with Gasteiger partial charge in [0.05, 0.1) is 23.7 Å². The standard InChI is InChI=1S/C24H19N5OS/c25-13-18-5-7-20(8-6-18)15-31-23-4-2-1-3-22(23)24(30)28-21-11-9-19(10-12-21)14-29-17-26-16-27-29/h1-12,16-17H,14-15H2,(H,28,30). The first-order chi connectivity index (χ1) is 15.2. The Morgan fingerprint density at radius 3 is 2.45 bits per heavy atom. The molecule has 1 N–H and O–H groups in total. The quantitative estimate of drug-likeness (QED) is 0.432. The third-order valence-electron chi connectivity index (χ3n) is 4.63. The second-order valence-electron chi connectivity index (χ2n) is 6.84. The van der Waals surface area contributed by atoms with Crippen LogP contribution in [0.2, 0.25) is 0 Å². The van der Waals surface area contributed by atoms with E-state index in [0.29, 0.717) is 23.4 Å². The summed E-state index contributed by atoms with van der Waals surface area (Å²) in [6.45, 7) is 0.628. The van der Waals surface area contributed by atoms with Gasteiger partial charge in [-0.1, -0.05) is 36.4 Å². The van der Waals surface area contributed by atoms with Crippen LogP contribution in [-0.2, 0) is 12.3 Å². The van der Waals surface area contributed by atoms with E-state index in [9.17, 15) is 4.79 Å². The predicted octanol–water partition coefficient (Wildman–Crippen LogP) is 4.74. The Kier molecular flexibility index (Phi) is 6.41. The number of hydrogen-bond donors (Lipinski definition) is 1.